The van der Waals surface area contributed by atoms with Crippen LogP contribution in [0.15, 0.2) is 24.8 Å². The lowest BCUT2D eigenvalue weighted by Crippen LogP contribution is -2.76. The summed E-state index contributed by atoms with van der Waals surface area (Å²) < 4.78 is 5.98. The van der Waals surface area contributed by atoms with Crippen molar-refractivity contribution in [3.05, 3.63) is 35.9 Å². The molecule has 5 rings (SSSR count). The Morgan fingerprint density at radius 1 is 1.33 bits per heavy atom. The molecule has 1 saturated carbocycles. The van der Waals surface area contributed by atoms with Crippen LogP contribution < -0.4 is 4.74 Å². The molecule has 2 heterocycles. The first-order valence-corrected chi connectivity index (χ1v) is 8.65. The van der Waals surface area contributed by atoms with Crippen LogP contribution in [0.1, 0.15) is 30.4 Å². The molecule has 2 bridgehead atoms. The zero-order chi connectivity index (χ0) is 16.7. The lowest BCUT2D eigenvalue weighted by Gasteiger charge is -2.62. The van der Waals surface area contributed by atoms with Gasteiger partial charge in [0, 0.05) is 31.1 Å². The van der Waals surface area contributed by atoms with E-state index in [-0.39, 0.29) is 40.9 Å². The minimum absolute atomic E-state index is 0. The van der Waals surface area contributed by atoms with E-state index in [2.05, 4.69) is 11.5 Å². The van der Waals surface area contributed by atoms with E-state index in [1.165, 1.54) is 0 Å². The first-order valence-electron chi connectivity index (χ1n) is 8.65. The van der Waals surface area contributed by atoms with E-state index in [9.17, 15) is 15.0 Å². The standard InChI is InChI=1S/C19H21NO4.ClH.2H2O/c1-2-8-20-9-7-18-15-11-3-4-12(21)16(15)24-17(18)13(22)5-6-19(18,23)14(20)10-11;;;/h2-4,14,17,21,23H,1,5-10H2;1H;2*1H2/t14-,17+,18+,19?;;;/m1.../s1. The first-order chi connectivity index (χ1) is 11.5. The Morgan fingerprint density at radius 3 is 2.78 bits per heavy atom. The number of rotatable bonds is 2. The number of nitrogens with zero attached hydrogens (tertiary/aromatic N) is 1. The van der Waals surface area contributed by atoms with Gasteiger partial charge in [-0.3, -0.25) is 9.69 Å². The maximum absolute atomic E-state index is 12.6. The highest BCUT2D eigenvalue weighted by Gasteiger charge is 2.72. The molecule has 2 fully saturated rings. The highest BCUT2D eigenvalue weighted by atomic mass is 35.5. The molecule has 1 saturated heterocycles. The maximum Gasteiger partial charge on any atom is 0.174 e. The maximum atomic E-state index is 12.6. The molecule has 6 N–H and O–H groups in total. The highest BCUT2D eigenvalue weighted by Crippen LogP contribution is 2.64. The SMILES string of the molecule is C=CCN1CC[C@]23c4c5ccc(O)c4O[C@H]2C(=O)CCC3(O)[C@H]1C5.Cl.O.O. The number of phenols is 1. The highest BCUT2D eigenvalue weighted by molar-refractivity contribution is 5.90. The topological polar surface area (TPSA) is 133 Å². The molecule has 1 aromatic carbocycles. The fraction of sp³-hybridized carbons (Fsp3) is 0.526. The van der Waals surface area contributed by atoms with E-state index in [4.69, 9.17) is 4.74 Å². The Kier molecular flexibility index (Phi) is 5.42. The Hall–Kier alpha value is -1.64. The summed E-state index contributed by atoms with van der Waals surface area (Å²) in [4.78, 5) is 14.9. The summed E-state index contributed by atoms with van der Waals surface area (Å²) in [6.45, 7) is 5.36. The van der Waals surface area contributed by atoms with E-state index in [0.29, 0.717) is 31.4 Å². The number of benzene rings is 1. The number of Topliss-reactive ketones (excluding diaryl/α,β-unsaturated/α-hetero) is 1. The van der Waals surface area contributed by atoms with Crippen molar-refractivity contribution in [1.29, 1.82) is 0 Å². The molecule has 27 heavy (non-hydrogen) atoms. The lowest BCUT2D eigenvalue weighted by atomic mass is 9.49. The summed E-state index contributed by atoms with van der Waals surface area (Å²) in [7, 11) is 0. The third-order valence-corrected chi connectivity index (χ3v) is 6.73. The van der Waals surface area contributed by atoms with E-state index in [1.807, 2.05) is 12.1 Å². The van der Waals surface area contributed by atoms with E-state index >= 15 is 0 Å². The molecule has 0 amide bonds. The van der Waals surface area contributed by atoms with Gasteiger partial charge in [-0.05, 0) is 30.9 Å². The largest absolute Gasteiger partial charge is 0.504 e. The number of hydrogen-bond donors (Lipinski definition) is 2. The molecule has 150 valence electrons. The van der Waals surface area contributed by atoms with Gasteiger partial charge in [0.1, 0.15) is 0 Å². The molecule has 8 heteroatoms. The third kappa shape index (κ3) is 2.26. The molecule has 0 radical (unpaired) electrons. The fourth-order valence-electron chi connectivity index (χ4n) is 5.80. The molecule has 2 aliphatic heterocycles. The number of ketones is 1. The predicted molar refractivity (Wildman–Crippen MR) is 102 cm³/mol. The van der Waals surface area contributed by atoms with Crippen LogP contribution in [0.3, 0.4) is 0 Å². The summed E-state index contributed by atoms with van der Waals surface area (Å²) in [5.74, 6) is 0.528. The molecule has 4 atom stereocenters. The zero-order valence-electron chi connectivity index (χ0n) is 14.9. The average Bonchev–Trinajstić information content (AvgIpc) is 2.91. The van der Waals surface area contributed by atoms with Crippen molar-refractivity contribution in [3.8, 4) is 11.5 Å². The number of aromatic hydroxyl groups is 1. The van der Waals surface area contributed by atoms with Crippen molar-refractivity contribution >= 4 is 18.2 Å². The van der Waals surface area contributed by atoms with Crippen LogP contribution >= 0.6 is 12.4 Å². The van der Waals surface area contributed by atoms with Gasteiger partial charge in [0.05, 0.1) is 11.0 Å². The third-order valence-electron chi connectivity index (χ3n) is 6.73. The second-order valence-corrected chi connectivity index (χ2v) is 7.56. The quantitative estimate of drug-likeness (QED) is 0.679. The Labute approximate surface area is 163 Å². The minimum Gasteiger partial charge on any atom is -0.504 e. The van der Waals surface area contributed by atoms with Crippen molar-refractivity contribution in [2.75, 3.05) is 13.1 Å². The number of aliphatic hydroxyl groups is 1. The normalized spacial score (nSPS) is 34.9. The molecule has 1 spiro atoms. The molecule has 0 aromatic heterocycles. The number of phenolic OH excluding ortho intramolecular Hbond substituents is 1. The van der Waals surface area contributed by atoms with Gasteiger partial charge in [0.2, 0.25) is 0 Å². The van der Waals surface area contributed by atoms with Crippen molar-refractivity contribution in [2.45, 2.75) is 48.8 Å². The predicted octanol–water partition coefficient (Wildman–Crippen LogP) is 0.0738. The van der Waals surface area contributed by atoms with Gasteiger partial charge in [0.15, 0.2) is 23.4 Å². The van der Waals surface area contributed by atoms with Crippen LogP contribution in [0.4, 0.5) is 0 Å². The number of carbonyl (C=O) groups is 1. The molecule has 1 unspecified atom stereocenters. The van der Waals surface area contributed by atoms with E-state index < -0.39 is 17.1 Å². The van der Waals surface area contributed by atoms with Crippen LogP contribution in [0, 0.1) is 0 Å². The van der Waals surface area contributed by atoms with Gasteiger partial charge in [-0.25, -0.2) is 0 Å². The summed E-state index contributed by atoms with van der Waals surface area (Å²) in [5.41, 5.74) is 0.256. The van der Waals surface area contributed by atoms with E-state index in [1.54, 1.807) is 6.07 Å². The Bertz CT molecular complexity index is 786. The average molecular weight is 400 g/mol. The number of hydrogen-bond acceptors (Lipinski definition) is 5. The summed E-state index contributed by atoms with van der Waals surface area (Å²) in [5, 5.41) is 22.1. The van der Waals surface area contributed by atoms with Gasteiger partial charge in [0.25, 0.3) is 0 Å². The van der Waals surface area contributed by atoms with E-state index in [0.717, 1.165) is 24.2 Å². The number of ether oxygens (including phenoxy) is 1. The molecule has 7 nitrogen and oxygen atoms in total. The summed E-state index contributed by atoms with van der Waals surface area (Å²) in [6.07, 6.45) is 3.35. The van der Waals surface area contributed by atoms with Crippen LogP contribution in [0.5, 0.6) is 11.5 Å². The smallest absolute Gasteiger partial charge is 0.174 e. The molecule has 1 aromatic rings. The zero-order valence-corrected chi connectivity index (χ0v) is 15.7. The molecule has 2 aliphatic carbocycles. The number of carbonyl (C=O) groups excluding carboxylic acids is 1. The van der Waals surface area contributed by atoms with Crippen LogP contribution in [0.25, 0.3) is 0 Å². The number of likely N-dealkylation sites (tertiary alicyclic amines) is 1. The fourth-order valence-corrected chi connectivity index (χ4v) is 5.80. The van der Waals surface area contributed by atoms with Crippen molar-refractivity contribution in [1.82, 2.24) is 4.90 Å². The molecular weight excluding hydrogens is 374 g/mol. The van der Waals surface area contributed by atoms with Crippen molar-refractivity contribution in [2.24, 2.45) is 0 Å². The van der Waals surface area contributed by atoms with Gasteiger partial charge < -0.3 is 25.9 Å². The lowest BCUT2D eigenvalue weighted by molar-refractivity contribution is -0.187. The number of halogens is 1. The van der Waals surface area contributed by atoms with Crippen molar-refractivity contribution in [3.63, 3.8) is 0 Å². The minimum atomic E-state index is -1.00. The Morgan fingerprint density at radius 2 is 2.07 bits per heavy atom. The van der Waals surface area contributed by atoms with Crippen molar-refractivity contribution < 1.29 is 30.7 Å². The Balaban J connectivity index is 0.000000871. The first kappa shape index (κ1) is 21.7. The molecule has 4 aliphatic rings. The van der Waals surface area contributed by atoms with Crippen LogP contribution in [0.2, 0.25) is 0 Å². The summed E-state index contributed by atoms with van der Waals surface area (Å²) in [6, 6.07) is 3.52. The molecular formula is C19H26ClNO6. The van der Waals surface area contributed by atoms with Gasteiger partial charge in [-0.2, -0.15) is 0 Å². The van der Waals surface area contributed by atoms with Gasteiger partial charge in [-0.15, -0.1) is 19.0 Å². The van der Waals surface area contributed by atoms with Crippen LogP contribution in [-0.4, -0.2) is 62.7 Å². The monoisotopic (exact) mass is 399 g/mol. The van der Waals surface area contributed by atoms with Crippen LogP contribution in [-0.2, 0) is 16.6 Å². The second-order valence-electron chi connectivity index (χ2n) is 7.56. The number of piperidine rings is 1. The van der Waals surface area contributed by atoms with Gasteiger partial charge in [-0.1, -0.05) is 12.1 Å². The van der Waals surface area contributed by atoms with Gasteiger partial charge >= 0.3 is 0 Å². The second kappa shape index (κ2) is 6.76. The summed E-state index contributed by atoms with van der Waals surface area (Å²) >= 11 is 0.